The number of anilines is 2. The highest BCUT2D eigenvalue weighted by Gasteiger charge is 2.19. The van der Waals surface area contributed by atoms with Crippen molar-refractivity contribution < 1.29 is 19.1 Å². The SMILES string of the molecule is CCCCCCCCCOC(=O)CCCCCCCN(CCCCCCCC(=O)OC(CCCCCCCC)CCCCCCCC)CCCCNc1c(NC)c(=O)c1=O. The molecule has 0 aromatic heterocycles. The van der Waals surface area contributed by atoms with Crippen LogP contribution in [0.25, 0.3) is 0 Å². The minimum atomic E-state index is -0.434. The van der Waals surface area contributed by atoms with E-state index in [4.69, 9.17) is 9.47 Å². The highest BCUT2D eigenvalue weighted by Crippen LogP contribution is 2.19. The Balaban J connectivity index is 2.36. The monoisotopic (exact) mass is 846 g/mol. The molecule has 0 aliphatic heterocycles. The van der Waals surface area contributed by atoms with Crippen molar-refractivity contribution in [3.05, 3.63) is 20.4 Å². The Bertz CT molecular complexity index is 1200. The van der Waals surface area contributed by atoms with Gasteiger partial charge in [-0.3, -0.25) is 19.2 Å². The van der Waals surface area contributed by atoms with Gasteiger partial charge in [-0.05, 0) is 90.3 Å². The summed E-state index contributed by atoms with van der Waals surface area (Å²) in [7, 11) is 1.67. The van der Waals surface area contributed by atoms with Crippen LogP contribution in [-0.2, 0) is 19.1 Å². The zero-order chi connectivity index (χ0) is 43.7. The van der Waals surface area contributed by atoms with Gasteiger partial charge in [0.15, 0.2) is 0 Å². The van der Waals surface area contributed by atoms with Crippen molar-refractivity contribution in [2.75, 3.05) is 50.5 Å². The predicted molar refractivity (Wildman–Crippen MR) is 255 cm³/mol. The van der Waals surface area contributed by atoms with E-state index < -0.39 is 10.9 Å². The van der Waals surface area contributed by atoms with Gasteiger partial charge in [-0.15, -0.1) is 0 Å². The number of nitrogens with zero attached hydrogens (tertiary/aromatic N) is 1. The maximum absolute atomic E-state index is 12.9. The number of carbonyl (C=O) groups is 2. The molecule has 0 spiro atoms. The molecule has 9 heteroatoms. The van der Waals surface area contributed by atoms with Crippen LogP contribution >= 0.6 is 0 Å². The summed E-state index contributed by atoms with van der Waals surface area (Å²) in [5.41, 5.74) is -0.0316. The van der Waals surface area contributed by atoms with Crippen molar-refractivity contribution in [3.8, 4) is 0 Å². The average molecular weight is 846 g/mol. The highest BCUT2D eigenvalue weighted by molar-refractivity contribution is 5.73. The van der Waals surface area contributed by atoms with Crippen molar-refractivity contribution in [1.29, 1.82) is 0 Å². The number of carbonyl (C=O) groups excluding carboxylic acids is 2. The number of unbranched alkanes of at least 4 members (excludes halogenated alkanes) is 25. The molecule has 2 N–H and O–H groups in total. The van der Waals surface area contributed by atoms with E-state index in [-0.39, 0.29) is 18.0 Å². The van der Waals surface area contributed by atoms with Crippen LogP contribution in [0.2, 0.25) is 0 Å². The largest absolute Gasteiger partial charge is 0.466 e. The zero-order valence-corrected chi connectivity index (χ0v) is 39.8. The van der Waals surface area contributed by atoms with Gasteiger partial charge in [-0.1, -0.05) is 162 Å². The Hall–Kier alpha value is -2.42. The van der Waals surface area contributed by atoms with E-state index in [2.05, 4.69) is 36.3 Å². The van der Waals surface area contributed by atoms with E-state index in [9.17, 15) is 19.2 Å². The Morgan fingerprint density at radius 1 is 0.483 bits per heavy atom. The van der Waals surface area contributed by atoms with Crippen LogP contribution < -0.4 is 21.5 Å². The maximum atomic E-state index is 12.9. The first-order valence-electron chi connectivity index (χ1n) is 25.7. The molecule has 0 unspecified atom stereocenters. The van der Waals surface area contributed by atoms with Crippen LogP contribution in [0.5, 0.6) is 0 Å². The van der Waals surface area contributed by atoms with Gasteiger partial charge in [0.1, 0.15) is 17.5 Å². The molecular formula is C51H95N3O6. The average Bonchev–Trinajstić information content (AvgIpc) is 3.24. The Morgan fingerprint density at radius 2 is 0.883 bits per heavy atom. The van der Waals surface area contributed by atoms with Gasteiger partial charge in [0.25, 0.3) is 10.9 Å². The van der Waals surface area contributed by atoms with Gasteiger partial charge < -0.3 is 25.0 Å². The van der Waals surface area contributed by atoms with E-state index in [1.54, 1.807) is 7.05 Å². The standard InChI is InChI=1S/C51H95N3O6/c1-5-8-11-14-17-26-35-44-59-46(55)38-29-22-18-24-32-41-54(43-34-31-40-53-49-48(52-4)50(57)51(49)58)42-33-25-19-23-30-39-47(56)60-45(36-27-20-15-12-9-6-2)37-28-21-16-13-10-7-3/h45,52-53H,5-44H2,1-4H3. The first-order chi connectivity index (χ1) is 29.4. The Labute approximate surface area is 368 Å². The highest BCUT2D eigenvalue weighted by atomic mass is 16.5. The third kappa shape index (κ3) is 30.6. The molecule has 9 nitrogen and oxygen atoms in total. The van der Waals surface area contributed by atoms with E-state index in [1.807, 2.05) is 0 Å². The summed E-state index contributed by atoms with van der Waals surface area (Å²) in [5.74, 6) is -0.0392. The summed E-state index contributed by atoms with van der Waals surface area (Å²) in [6, 6.07) is 0. The van der Waals surface area contributed by atoms with Crippen LogP contribution in [0.3, 0.4) is 0 Å². The lowest BCUT2D eigenvalue weighted by molar-refractivity contribution is -0.150. The van der Waals surface area contributed by atoms with E-state index in [0.29, 0.717) is 37.4 Å². The third-order valence-electron chi connectivity index (χ3n) is 12.1. The zero-order valence-electron chi connectivity index (χ0n) is 39.8. The van der Waals surface area contributed by atoms with Gasteiger partial charge >= 0.3 is 11.9 Å². The van der Waals surface area contributed by atoms with Gasteiger partial charge in [0, 0.05) is 26.4 Å². The third-order valence-corrected chi connectivity index (χ3v) is 12.1. The number of ether oxygens (including phenoxy) is 2. The molecule has 0 bridgehead atoms. The Kier molecular flexibility index (Phi) is 37.7. The first-order valence-corrected chi connectivity index (χ1v) is 25.7. The molecule has 60 heavy (non-hydrogen) atoms. The molecule has 0 fully saturated rings. The molecule has 0 aliphatic rings. The summed E-state index contributed by atoms with van der Waals surface area (Å²) in [5, 5.41) is 5.99. The summed E-state index contributed by atoms with van der Waals surface area (Å²) in [6.07, 6.45) is 39.9. The normalized spacial score (nSPS) is 11.6. The van der Waals surface area contributed by atoms with Crippen molar-refractivity contribution in [3.63, 3.8) is 0 Å². The topological polar surface area (TPSA) is 114 Å². The van der Waals surface area contributed by atoms with Crippen molar-refractivity contribution >= 4 is 23.3 Å². The number of hydrogen-bond acceptors (Lipinski definition) is 9. The summed E-state index contributed by atoms with van der Waals surface area (Å²) in [6.45, 7) is 11.2. The summed E-state index contributed by atoms with van der Waals surface area (Å²) in [4.78, 5) is 51.2. The van der Waals surface area contributed by atoms with Crippen molar-refractivity contribution in [2.45, 2.75) is 252 Å². The van der Waals surface area contributed by atoms with E-state index in [0.717, 1.165) is 122 Å². The van der Waals surface area contributed by atoms with Crippen LogP contribution in [0, 0.1) is 0 Å². The second kappa shape index (κ2) is 40.6. The quantitative estimate of drug-likeness (QED) is 0.0376. The molecule has 0 aliphatic carbocycles. The second-order valence-corrected chi connectivity index (χ2v) is 17.7. The van der Waals surface area contributed by atoms with Gasteiger partial charge in [-0.2, -0.15) is 0 Å². The molecule has 1 aromatic rings. The lowest BCUT2D eigenvalue weighted by Crippen LogP contribution is -2.37. The molecule has 0 radical (unpaired) electrons. The molecule has 0 amide bonds. The summed E-state index contributed by atoms with van der Waals surface area (Å²) < 4.78 is 11.5. The molecule has 0 atom stereocenters. The number of rotatable bonds is 46. The first kappa shape index (κ1) is 55.6. The fraction of sp³-hybridized carbons (Fsp3) is 0.882. The van der Waals surface area contributed by atoms with Crippen molar-refractivity contribution in [1.82, 2.24) is 4.90 Å². The number of hydrogen-bond donors (Lipinski definition) is 2. The fourth-order valence-electron chi connectivity index (χ4n) is 8.21. The lowest BCUT2D eigenvalue weighted by Gasteiger charge is -2.22. The maximum Gasteiger partial charge on any atom is 0.306 e. The molecule has 1 aromatic carbocycles. The molecule has 350 valence electrons. The van der Waals surface area contributed by atoms with Crippen molar-refractivity contribution in [2.24, 2.45) is 0 Å². The molecule has 0 saturated carbocycles. The van der Waals surface area contributed by atoms with Crippen LogP contribution in [0.15, 0.2) is 9.59 Å². The fourth-order valence-corrected chi connectivity index (χ4v) is 8.21. The molecule has 0 heterocycles. The summed E-state index contributed by atoms with van der Waals surface area (Å²) >= 11 is 0. The van der Waals surface area contributed by atoms with Crippen LogP contribution in [0.1, 0.15) is 245 Å². The number of esters is 2. The van der Waals surface area contributed by atoms with Gasteiger partial charge in [0.05, 0.1) is 6.61 Å². The van der Waals surface area contributed by atoms with Crippen LogP contribution in [0.4, 0.5) is 11.4 Å². The molecular weight excluding hydrogens is 751 g/mol. The van der Waals surface area contributed by atoms with Gasteiger partial charge in [0.2, 0.25) is 0 Å². The lowest BCUT2D eigenvalue weighted by atomic mass is 10.0. The smallest absolute Gasteiger partial charge is 0.306 e. The molecule has 1 rings (SSSR count). The molecule has 0 saturated heterocycles. The van der Waals surface area contributed by atoms with E-state index >= 15 is 0 Å². The minimum absolute atomic E-state index is 0.00288. The van der Waals surface area contributed by atoms with Crippen LogP contribution in [-0.4, -0.2) is 62.8 Å². The Morgan fingerprint density at radius 3 is 1.38 bits per heavy atom. The second-order valence-electron chi connectivity index (χ2n) is 17.7. The predicted octanol–water partition coefficient (Wildman–Crippen LogP) is 13.2. The number of nitrogens with one attached hydrogen (secondary N) is 2. The van der Waals surface area contributed by atoms with E-state index in [1.165, 1.54) is 109 Å². The minimum Gasteiger partial charge on any atom is -0.466 e. The van der Waals surface area contributed by atoms with Gasteiger partial charge in [-0.25, -0.2) is 0 Å².